The highest BCUT2D eigenvalue weighted by molar-refractivity contribution is 6.46. The molecule has 0 aliphatic carbocycles. The van der Waals surface area contributed by atoms with Gasteiger partial charge < -0.3 is 10.0 Å². The summed E-state index contributed by atoms with van der Waals surface area (Å²) in [5.41, 5.74) is 1.83. The van der Waals surface area contributed by atoms with Crippen molar-refractivity contribution < 1.29 is 14.7 Å². The Kier molecular flexibility index (Phi) is 4.24. The minimum absolute atomic E-state index is 0.105. The molecule has 23 heavy (non-hydrogen) atoms. The smallest absolute Gasteiger partial charge is 0.295 e. The Morgan fingerprint density at radius 3 is 2.22 bits per heavy atom. The van der Waals surface area contributed by atoms with Crippen LogP contribution in [-0.4, -0.2) is 34.8 Å². The summed E-state index contributed by atoms with van der Waals surface area (Å²) < 4.78 is 0. The molecule has 0 saturated carbocycles. The van der Waals surface area contributed by atoms with Crippen molar-refractivity contribution in [3.05, 3.63) is 77.4 Å². The lowest BCUT2D eigenvalue weighted by atomic mass is 10.1. The van der Waals surface area contributed by atoms with Crippen LogP contribution in [0.3, 0.4) is 0 Å². The molecule has 1 aliphatic heterocycles. The van der Waals surface area contributed by atoms with Gasteiger partial charge in [-0.05, 0) is 12.0 Å². The van der Waals surface area contributed by atoms with Gasteiger partial charge in [-0.25, -0.2) is 0 Å². The molecule has 0 radical (unpaired) electrons. The van der Waals surface area contributed by atoms with Gasteiger partial charge in [0.2, 0.25) is 0 Å². The number of ketones is 1. The molecule has 1 saturated heterocycles. The average molecular weight is 307 g/mol. The number of likely N-dealkylation sites (tertiary alicyclic amines) is 1. The summed E-state index contributed by atoms with van der Waals surface area (Å²) in [6.45, 7) is 0.616. The normalized spacial score (nSPS) is 16.8. The fourth-order valence-corrected chi connectivity index (χ4v) is 2.65. The predicted molar refractivity (Wildman–Crippen MR) is 87.7 cm³/mol. The van der Waals surface area contributed by atoms with E-state index >= 15 is 0 Å². The molecule has 1 fully saturated rings. The van der Waals surface area contributed by atoms with E-state index in [1.54, 1.807) is 24.3 Å². The summed E-state index contributed by atoms with van der Waals surface area (Å²) in [5.74, 6) is -1.26. The number of aliphatic hydroxyl groups excluding tert-OH is 1. The molecule has 1 aliphatic rings. The SMILES string of the molecule is O=C1C(=O)N(CCc2ccccc2)CC1=C(O)c1ccccc1. The highest BCUT2D eigenvalue weighted by Crippen LogP contribution is 2.23. The summed E-state index contributed by atoms with van der Waals surface area (Å²) >= 11 is 0. The number of amides is 1. The number of hydrogen-bond acceptors (Lipinski definition) is 3. The largest absolute Gasteiger partial charge is 0.507 e. The summed E-state index contributed by atoms with van der Waals surface area (Å²) in [6.07, 6.45) is 0.680. The molecule has 4 heteroatoms. The average Bonchev–Trinajstić information content (AvgIpc) is 2.89. The van der Waals surface area contributed by atoms with E-state index in [0.29, 0.717) is 18.5 Å². The van der Waals surface area contributed by atoms with Crippen LogP contribution in [0.5, 0.6) is 0 Å². The molecule has 0 atom stereocenters. The Bertz CT molecular complexity index is 751. The molecule has 1 amide bonds. The van der Waals surface area contributed by atoms with Gasteiger partial charge in [0.15, 0.2) is 0 Å². The lowest BCUT2D eigenvalue weighted by Gasteiger charge is -2.14. The van der Waals surface area contributed by atoms with E-state index in [2.05, 4.69) is 0 Å². The zero-order chi connectivity index (χ0) is 16.2. The summed E-state index contributed by atoms with van der Waals surface area (Å²) in [5, 5.41) is 10.3. The second kappa shape index (κ2) is 6.48. The quantitative estimate of drug-likeness (QED) is 0.536. The lowest BCUT2D eigenvalue weighted by Crippen LogP contribution is -2.29. The molecular weight excluding hydrogens is 290 g/mol. The van der Waals surface area contributed by atoms with E-state index in [-0.39, 0.29) is 17.9 Å². The molecule has 3 rings (SSSR count). The molecule has 1 heterocycles. The van der Waals surface area contributed by atoms with Crippen molar-refractivity contribution in [2.24, 2.45) is 0 Å². The molecule has 4 nitrogen and oxygen atoms in total. The molecule has 1 N–H and O–H groups in total. The van der Waals surface area contributed by atoms with Gasteiger partial charge in [0.05, 0.1) is 12.1 Å². The zero-order valence-electron chi connectivity index (χ0n) is 12.6. The van der Waals surface area contributed by atoms with Crippen molar-refractivity contribution in [1.82, 2.24) is 4.90 Å². The van der Waals surface area contributed by atoms with Gasteiger partial charge in [0, 0.05) is 12.1 Å². The Hall–Kier alpha value is -2.88. The third-order valence-corrected chi connectivity index (χ3v) is 3.95. The number of rotatable bonds is 4. The van der Waals surface area contributed by atoms with E-state index in [1.807, 2.05) is 36.4 Å². The van der Waals surface area contributed by atoms with E-state index in [0.717, 1.165) is 5.56 Å². The van der Waals surface area contributed by atoms with Gasteiger partial charge in [-0.3, -0.25) is 9.59 Å². The fourth-order valence-electron chi connectivity index (χ4n) is 2.65. The van der Waals surface area contributed by atoms with Crippen molar-refractivity contribution >= 4 is 17.4 Å². The lowest BCUT2D eigenvalue weighted by molar-refractivity contribution is -0.139. The van der Waals surface area contributed by atoms with Gasteiger partial charge in [-0.15, -0.1) is 0 Å². The second-order valence-corrected chi connectivity index (χ2v) is 5.48. The monoisotopic (exact) mass is 307 g/mol. The summed E-state index contributed by atoms with van der Waals surface area (Å²) in [7, 11) is 0. The van der Waals surface area contributed by atoms with E-state index in [4.69, 9.17) is 0 Å². The van der Waals surface area contributed by atoms with Crippen LogP contribution in [0.4, 0.5) is 0 Å². The first kappa shape index (κ1) is 15.0. The first-order chi connectivity index (χ1) is 11.2. The molecule has 116 valence electrons. The van der Waals surface area contributed by atoms with Crippen LogP contribution in [0.1, 0.15) is 11.1 Å². The van der Waals surface area contributed by atoms with E-state index in [9.17, 15) is 14.7 Å². The topological polar surface area (TPSA) is 57.6 Å². The third-order valence-electron chi connectivity index (χ3n) is 3.95. The van der Waals surface area contributed by atoms with Crippen LogP contribution in [-0.2, 0) is 16.0 Å². The van der Waals surface area contributed by atoms with Crippen molar-refractivity contribution in [1.29, 1.82) is 0 Å². The molecule has 0 bridgehead atoms. The van der Waals surface area contributed by atoms with E-state index in [1.165, 1.54) is 4.90 Å². The molecule has 2 aromatic rings. The third kappa shape index (κ3) is 3.16. The summed E-state index contributed by atoms with van der Waals surface area (Å²) in [6, 6.07) is 18.6. The van der Waals surface area contributed by atoms with Gasteiger partial charge in [0.1, 0.15) is 5.76 Å². The van der Waals surface area contributed by atoms with Crippen LogP contribution in [0.15, 0.2) is 66.2 Å². The van der Waals surface area contributed by atoms with Crippen LogP contribution < -0.4 is 0 Å². The Morgan fingerprint density at radius 2 is 1.57 bits per heavy atom. The maximum atomic E-state index is 12.1. The van der Waals surface area contributed by atoms with Crippen molar-refractivity contribution in [2.75, 3.05) is 13.1 Å². The standard InChI is InChI=1S/C19H17NO3/c21-17(15-9-5-2-6-10-15)16-13-20(19(23)18(16)22)12-11-14-7-3-1-4-8-14/h1-10,21H,11-13H2. The van der Waals surface area contributed by atoms with Crippen molar-refractivity contribution in [2.45, 2.75) is 6.42 Å². The van der Waals surface area contributed by atoms with Gasteiger partial charge in [-0.1, -0.05) is 60.7 Å². The van der Waals surface area contributed by atoms with Crippen LogP contribution >= 0.6 is 0 Å². The van der Waals surface area contributed by atoms with Crippen molar-refractivity contribution in [3.8, 4) is 0 Å². The number of Topliss-reactive ketones (excluding diaryl/α,β-unsaturated/α-hetero) is 1. The maximum Gasteiger partial charge on any atom is 0.295 e. The first-order valence-corrected chi connectivity index (χ1v) is 7.52. The fraction of sp³-hybridized carbons (Fsp3) is 0.158. The van der Waals surface area contributed by atoms with Crippen molar-refractivity contribution in [3.63, 3.8) is 0 Å². The minimum atomic E-state index is -0.612. The van der Waals surface area contributed by atoms with Crippen LogP contribution in [0.2, 0.25) is 0 Å². The molecule has 0 aromatic heterocycles. The summed E-state index contributed by atoms with van der Waals surface area (Å²) in [4.78, 5) is 25.7. The highest BCUT2D eigenvalue weighted by Gasteiger charge is 2.36. The predicted octanol–water partition coefficient (Wildman–Crippen LogP) is 2.61. The maximum absolute atomic E-state index is 12.1. The number of benzene rings is 2. The Labute approximate surface area is 134 Å². The first-order valence-electron chi connectivity index (χ1n) is 7.52. The van der Waals surface area contributed by atoms with Gasteiger partial charge in [-0.2, -0.15) is 0 Å². The number of carbonyl (C=O) groups excluding carboxylic acids is 2. The number of carbonyl (C=O) groups is 2. The molecule has 0 spiro atoms. The second-order valence-electron chi connectivity index (χ2n) is 5.48. The molecule has 0 unspecified atom stereocenters. The molecular formula is C19H17NO3. The Morgan fingerprint density at radius 1 is 0.957 bits per heavy atom. The minimum Gasteiger partial charge on any atom is -0.507 e. The number of nitrogens with zero attached hydrogens (tertiary/aromatic N) is 1. The Balaban J connectivity index is 1.76. The van der Waals surface area contributed by atoms with Crippen LogP contribution in [0, 0.1) is 0 Å². The zero-order valence-corrected chi connectivity index (χ0v) is 12.6. The van der Waals surface area contributed by atoms with Gasteiger partial charge >= 0.3 is 0 Å². The van der Waals surface area contributed by atoms with Crippen LogP contribution in [0.25, 0.3) is 5.76 Å². The highest BCUT2D eigenvalue weighted by atomic mass is 16.3. The number of hydrogen-bond donors (Lipinski definition) is 1. The van der Waals surface area contributed by atoms with E-state index < -0.39 is 11.7 Å². The van der Waals surface area contributed by atoms with Gasteiger partial charge in [0.25, 0.3) is 11.7 Å². The number of aliphatic hydroxyl groups is 1. The molecule has 2 aromatic carbocycles.